The molecular formula is C45H33N5O9. The maximum Gasteiger partial charge on any atom is 0.338 e. The Hall–Kier alpha value is -7.84. The smallest absolute Gasteiger partial charge is 0.338 e. The summed E-state index contributed by atoms with van der Waals surface area (Å²) in [7, 11) is 0. The Morgan fingerprint density at radius 3 is 1.49 bits per heavy atom. The highest BCUT2D eigenvalue weighted by molar-refractivity contribution is 6.25. The molecule has 2 aromatic heterocycles. The van der Waals surface area contributed by atoms with Gasteiger partial charge in [-0.3, -0.25) is 9.59 Å². The molecule has 292 valence electrons. The van der Waals surface area contributed by atoms with E-state index in [2.05, 4.69) is 15.1 Å². The summed E-state index contributed by atoms with van der Waals surface area (Å²) in [5, 5.41) is 4.51. The number of amides is 2. The second-order valence-corrected chi connectivity index (χ2v) is 13.2. The molecule has 0 unspecified atom stereocenters. The van der Waals surface area contributed by atoms with Crippen LogP contribution in [0.15, 0.2) is 164 Å². The summed E-state index contributed by atoms with van der Waals surface area (Å²) < 4.78 is 25.6. The average Bonchev–Trinajstić information content (AvgIpc) is 3.88. The fraction of sp³-hybridized carbons (Fsp3) is 0.111. The van der Waals surface area contributed by atoms with E-state index in [0.29, 0.717) is 0 Å². The number of carbonyl (C=O) groups excluding carboxylic acids is 5. The van der Waals surface area contributed by atoms with Gasteiger partial charge < -0.3 is 18.9 Å². The first kappa shape index (κ1) is 38.1. The molecule has 14 nitrogen and oxygen atoms in total. The number of nitrogens with zero attached hydrogens (tertiary/aromatic N) is 5. The van der Waals surface area contributed by atoms with Gasteiger partial charge in [0, 0.05) is 16.7 Å². The molecule has 59 heavy (non-hydrogen) atoms. The van der Waals surface area contributed by atoms with E-state index in [1.165, 1.54) is 10.7 Å². The molecule has 4 atom stereocenters. The van der Waals surface area contributed by atoms with Gasteiger partial charge in [-0.05, 0) is 60.7 Å². The number of carbonyl (C=O) groups is 5. The van der Waals surface area contributed by atoms with Crippen LogP contribution in [0.25, 0.3) is 5.65 Å². The molecule has 8 rings (SSSR count). The fourth-order valence-corrected chi connectivity index (χ4v) is 6.60. The van der Waals surface area contributed by atoms with Gasteiger partial charge in [-0.1, -0.05) is 91.0 Å². The van der Waals surface area contributed by atoms with E-state index in [-0.39, 0.29) is 45.0 Å². The quantitative estimate of drug-likeness (QED) is 0.0810. The van der Waals surface area contributed by atoms with Crippen molar-refractivity contribution in [2.45, 2.75) is 24.4 Å². The van der Waals surface area contributed by atoms with E-state index < -0.39 is 60.7 Å². The van der Waals surface area contributed by atoms with Gasteiger partial charge in [0.05, 0.1) is 22.9 Å². The summed E-state index contributed by atoms with van der Waals surface area (Å²) in [6, 6.07) is 41.1. The SMILES string of the molecule is O=C(OC[C@H]1O[C@@H](c2cnn3c(N(C(=O)c4ccccc4)C(=O)c4ccccc4)ncnc23)[C@H](OC(=O)c2ccccc2)[C@@H]1OC(=O)c1ccccc1)c1ccccc1. The zero-order valence-electron chi connectivity index (χ0n) is 31.0. The number of esters is 3. The first-order valence-corrected chi connectivity index (χ1v) is 18.4. The van der Waals surface area contributed by atoms with Gasteiger partial charge in [0.15, 0.2) is 17.9 Å². The lowest BCUT2D eigenvalue weighted by atomic mass is 10.0. The zero-order valence-corrected chi connectivity index (χ0v) is 31.0. The predicted octanol–water partition coefficient (Wildman–Crippen LogP) is 6.36. The Kier molecular flexibility index (Phi) is 11.0. The normalized spacial score (nSPS) is 17.2. The first-order chi connectivity index (χ1) is 28.9. The molecule has 0 N–H and O–H groups in total. The lowest BCUT2D eigenvalue weighted by molar-refractivity contribution is -0.0449. The second-order valence-electron chi connectivity index (χ2n) is 13.2. The molecule has 5 aromatic carbocycles. The van der Waals surface area contributed by atoms with Crippen LogP contribution in [0.2, 0.25) is 0 Å². The highest BCUT2D eigenvalue weighted by Gasteiger charge is 2.52. The Morgan fingerprint density at radius 1 is 0.559 bits per heavy atom. The largest absolute Gasteiger partial charge is 0.459 e. The van der Waals surface area contributed by atoms with Gasteiger partial charge in [0.2, 0.25) is 5.95 Å². The first-order valence-electron chi connectivity index (χ1n) is 18.4. The molecule has 0 spiro atoms. The van der Waals surface area contributed by atoms with Crippen molar-refractivity contribution in [3.63, 3.8) is 0 Å². The highest BCUT2D eigenvalue weighted by Crippen LogP contribution is 2.40. The Bertz CT molecular complexity index is 2560. The maximum absolute atomic E-state index is 14.1. The molecule has 3 heterocycles. The fourth-order valence-electron chi connectivity index (χ4n) is 6.60. The molecule has 1 fully saturated rings. The van der Waals surface area contributed by atoms with Gasteiger partial charge in [0.25, 0.3) is 11.8 Å². The third kappa shape index (κ3) is 8.06. The molecule has 0 radical (unpaired) electrons. The van der Waals surface area contributed by atoms with Crippen molar-refractivity contribution in [3.05, 3.63) is 198 Å². The van der Waals surface area contributed by atoms with Crippen molar-refractivity contribution in [1.82, 2.24) is 19.6 Å². The molecule has 0 bridgehead atoms. The Balaban J connectivity index is 1.21. The van der Waals surface area contributed by atoms with Crippen molar-refractivity contribution in [2.24, 2.45) is 0 Å². The van der Waals surface area contributed by atoms with Crippen molar-refractivity contribution in [1.29, 1.82) is 0 Å². The number of hydrogen-bond donors (Lipinski definition) is 0. The van der Waals surface area contributed by atoms with Gasteiger partial charge in [0.1, 0.15) is 25.1 Å². The summed E-state index contributed by atoms with van der Waals surface area (Å²) >= 11 is 0. The maximum atomic E-state index is 14.1. The molecule has 1 aliphatic rings. The van der Waals surface area contributed by atoms with E-state index in [4.69, 9.17) is 18.9 Å². The Labute approximate surface area is 336 Å². The average molecular weight is 788 g/mol. The Morgan fingerprint density at radius 2 is 1.00 bits per heavy atom. The third-order valence-electron chi connectivity index (χ3n) is 9.47. The van der Waals surface area contributed by atoms with Crippen LogP contribution in [0, 0.1) is 0 Å². The van der Waals surface area contributed by atoms with Crippen LogP contribution in [-0.4, -0.2) is 74.2 Å². The number of aromatic nitrogens is 4. The van der Waals surface area contributed by atoms with Crippen LogP contribution in [0.4, 0.5) is 5.95 Å². The van der Waals surface area contributed by atoms with E-state index in [1.807, 2.05) is 0 Å². The summed E-state index contributed by atoms with van der Waals surface area (Å²) in [6.07, 6.45) is -2.60. The predicted molar refractivity (Wildman–Crippen MR) is 210 cm³/mol. The summed E-state index contributed by atoms with van der Waals surface area (Å²) in [5.74, 6) is -3.73. The number of benzene rings is 5. The number of rotatable bonds is 11. The molecule has 0 saturated carbocycles. The van der Waals surface area contributed by atoms with Crippen LogP contribution >= 0.6 is 0 Å². The standard InChI is InChI=1S/C45H33N5O9/c51-40(29-16-6-1-7-17-29)49(41(52)30-18-8-2-9-19-30)45-47-28-46-39-34(26-48-50(39)45)36-38(59-44(55)33-24-14-5-15-25-33)37(58-43(54)32-22-12-4-13-23-32)35(57-36)27-56-42(53)31-20-10-3-11-21-31/h1-26,28,35-38H,27H2/t35-,36+,37-,38+/m1/s1. The second kappa shape index (κ2) is 17.1. The lowest BCUT2D eigenvalue weighted by Gasteiger charge is -2.24. The number of imide groups is 1. The summed E-state index contributed by atoms with van der Waals surface area (Å²) in [6.45, 7) is -0.416. The van der Waals surface area contributed by atoms with Gasteiger partial charge in [-0.2, -0.15) is 9.61 Å². The van der Waals surface area contributed by atoms with E-state index in [0.717, 1.165) is 11.2 Å². The summed E-state index contributed by atoms with van der Waals surface area (Å²) in [4.78, 5) is 78.6. The molecule has 7 aromatic rings. The number of anilines is 1. The van der Waals surface area contributed by atoms with Crippen molar-refractivity contribution in [3.8, 4) is 0 Å². The number of ether oxygens (including phenoxy) is 4. The van der Waals surface area contributed by atoms with Crippen LogP contribution in [0.1, 0.15) is 63.5 Å². The third-order valence-corrected chi connectivity index (χ3v) is 9.47. The van der Waals surface area contributed by atoms with E-state index in [9.17, 15) is 24.0 Å². The minimum absolute atomic E-state index is 0.0718. The van der Waals surface area contributed by atoms with Gasteiger partial charge in [-0.25, -0.2) is 29.3 Å². The van der Waals surface area contributed by atoms with Crippen molar-refractivity contribution < 1.29 is 42.9 Å². The molecular weight excluding hydrogens is 755 g/mol. The molecule has 14 heteroatoms. The number of hydrogen-bond acceptors (Lipinski definition) is 12. The van der Waals surface area contributed by atoms with Crippen LogP contribution in [-0.2, 0) is 18.9 Å². The topological polar surface area (TPSA) is 169 Å². The monoisotopic (exact) mass is 787 g/mol. The number of fused-ring (bicyclic) bond motifs is 1. The van der Waals surface area contributed by atoms with Crippen LogP contribution in [0.5, 0.6) is 0 Å². The van der Waals surface area contributed by atoms with Crippen LogP contribution in [0.3, 0.4) is 0 Å². The van der Waals surface area contributed by atoms with Crippen molar-refractivity contribution in [2.75, 3.05) is 11.5 Å². The molecule has 1 aliphatic heterocycles. The minimum Gasteiger partial charge on any atom is -0.459 e. The molecule has 2 amide bonds. The lowest BCUT2D eigenvalue weighted by Crippen LogP contribution is -2.41. The van der Waals surface area contributed by atoms with Crippen LogP contribution < -0.4 is 4.90 Å². The highest BCUT2D eigenvalue weighted by atomic mass is 16.6. The van der Waals surface area contributed by atoms with Gasteiger partial charge >= 0.3 is 17.9 Å². The summed E-state index contributed by atoms with van der Waals surface area (Å²) in [5.41, 5.74) is 1.40. The van der Waals surface area contributed by atoms with Gasteiger partial charge in [-0.15, -0.1) is 0 Å². The van der Waals surface area contributed by atoms with E-state index >= 15 is 0 Å². The minimum atomic E-state index is -1.37. The molecule has 0 aliphatic carbocycles. The molecule has 1 saturated heterocycles. The van der Waals surface area contributed by atoms with Crippen molar-refractivity contribution >= 4 is 41.3 Å². The zero-order chi connectivity index (χ0) is 40.7. The van der Waals surface area contributed by atoms with E-state index in [1.54, 1.807) is 152 Å².